The lowest BCUT2D eigenvalue weighted by molar-refractivity contribution is 0.0947. The number of pyridine rings is 1. The van der Waals surface area contributed by atoms with E-state index in [1.165, 1.54) is 13.0 Å². The van der Waals surface area contributed by atoms with Crippen molar-refractivity contribution in [3.63, 3.8) is 0 Å². The monoisotopic (exact) mass is 387 g/mol. The second-order valence-corrected chi connectivity index (χ2v) is 6.49. The number of amides is 2. The molecule has 0 bridgehead atoms. The minimum atomic E-state index is -0.454. The van der Waals surface area contributed by atoms with Crippen molar-refractivity contribution in [2.75, 3.05) is 11.9 Å². The minimum Gasteiger partial charge on any atom is -0.350 e. The van der Waals surface area contributed by atoms with E-state index in [0.29, 0.717) is 24.2 Å². The number of hydrogen-bond acceptors (Lipinski definition) is 4. The van der Waals surface area contributed by atoms with Crippen LogP contribution in [-0.2, 0) is 6.42 Å². The number of hydrogen-bond donors (Lipinski definition) is 2. The molecule has 3 aromatic rings. The Morgan fingerprint density at radius 1 is 0.828 bits per heavy atom. The lowest BCUT2D eigenvalue weighted by Crippen LogP contribution is -2.27. The van der Waals surface area contributed by atoms with Crippen LogP contribution in [0.15, 0.2) is 72.8 Å². The largest absolute Gasteiger partial charge is 0.350 e. The molecule has 29 heavy (non-hydrogen) atoms. The number of nitrogens with zero attached hydrogens (tertiary/aromatic N) is 1. The summed E-state index contributed by atoms with van der Waals surface area (Å²) < 4.78 is 0. The number of carbonyl (C=O) groups excluding carboxylic acids is 3. The molecule has 0 aliphatic rings. The van der Waals surface area contributed by atoms with Gasteiger partial charge in [-0.25, -0.2) is 4.98 Å². The highest BCUT2D eigenvalue weighted by molar-refractivity contribution is 6.04. The number of ketones is 1. The Kier molecular flexibility index (Phi) is 6.47. The Bertz CT molecular complexity index is 1030. The van der Waals surface area contributed by atoms with Crippen LogP contribution in [0.5, 0.6) is 0 Å². The second-order valence-electron chi connectivity index (χ2n) is 6.49. The maximum atomic E-state index is 12.5. The summed E-state index contributed by atoms with van der Waals surface area (Å²) in [5.41, 5.74) is 2.41. The van der Waals surface area contributed by atoms with E-state index in [1.807, 2.05) is 30.3 Å². The van der Waals surface area contributed by atoms with Crippen LogP contribution < -0.4 is 10.6 Å². The summed E-state index contributed by atoms with van der Waals surface area (Å²) in [6.07, 6.45) is 0.708. The molecule has 6 nitrogen and oxygen atoms in total. The number of aromatic nitrogens is 1. The Morgan fingerprint density at radius 2 is 1.52 bits per heavy atom. The van der Waals surface area contributed by atoms with Crippen molar-refractivity contribution in [1.29, 1.82) is 0 Å². The highest BCUT2D eigenvalue weighted by Crippen LogP contribution is 2.12. The highest BCUT2D eigenvalue weighted by Gasteiger charge is 2.13. The van der Waals surface area contributed by atoms with Crippen molar-refractivity contribution in [2.24, 2.45) is 0 Å². The first-order chi connectivity index (χ1) is 14.0. The molecule has 2 aromatic carbocycles. The molecule has 0 spiro atoms. The second kappa shape index (κ2) is 9.41. The summed E-state index contributed by atoms with van der Waals surface area (Å²) in [5.74, 6) is -0.882. The van der Waals surface area contributed by atoms with Gasteiger partial charge in [0.1, 0.15) is 11.4 Å². The summed E-state index contributed by atoms with van der Waals surface area (Å²) in [6.45, 7) is 1.93. The van der Waals surface area contributed by atoms with Gasteiger partial charge in [0.15, 0.2) is 5.78 Å². The van der Waals surface area contributed by atoms with E-state index in [-0.39, 0.29) is 23.1 Å². The number of carbonyl (C=O) groups is 3. The van der Waals surface area contributed by atoms with Gasteiger partial charge < -0.3 is 10.6 Å². The number of nitrogens with one attached hydrogen (secondary N) is 2. The van der Waals surface area contributed by atoms with Gasteiger partial charge in [-0.05, 0) is 43.2 Å². The predicted molar refractivity (Wildman–Crippen MR) is 111 cm³/mol. The topological polar surface area (TPSA) is 88.2 Å². The van der Waals surface area contributed by atoms with E-state index in [9.17, 15) is 14.4 Å². The third-order valence-corrected chi connectivity index (χ3v) is 4.28. The van der Waals surface area contributed by atoms with E-state index < -0.39 is 5.91 Å². The van der Waals surface area contributed by atoms with Crippen LogP contribution in [0.25, 0.3) is 0 Å². The molecule has 146 valence electrons. The van der Waals surface area contributed by atoms with Gasteiger partial charge >= 0.3 is 0 Å². The Balaban J connectivity index is 1.62. The first-order valence-corrected chi connectivity index (χ1v) is 9.24. The zero-order valence-corrected chi connectivity index (χ0v) is 16.0. The van der Waals surface area contributed by atoms with E-state index in [4.69, 9.17) is 0 Å². The third kappa shape index (κ3) is 5.59. The van der Waals surface area contributed by atoms with Crippen molar-refractivity contribution >= 4 is 23.3 Å². The van der Waals surface area contributed by atoms with Gasteiger partial charge in [-0.1, -0.05) is 48.5 Å². The molecule has 0 unspecified atom stereocenters. The molecule has 2 amide bonds. The predicted octanol–water partition coefficient (Wildman–Crippen LogP) is 3.51. The molecule has 6 heteroatoms. The molecule has 0 fully saturated rings. The summed E-state index contributed by atoms with van der Waals surface area (Å²) >= 11 is 0. The zero-order chi connectivity index (χ0) is 20.6. The smallest absolute Gasteiger partial charge is 0.274 e. The highest BCUT2D eigenvalue weighted by atomic mass is 16.2. The quantitative estimate of drug-likeness (QED) is 0.607. The molecule has 1 heterocycles. The van der Waals surface area contributed by atoms with E-state index >= 15 is 0 Å². The van der Waals surface area contributed by atoms with Crippen molar-refractivity contribution in [3.8, 4) is 0 Å². The molecule has 0 saturated heterocycles. The van der Waals surface area contributed by atoms with Crippen LogP contribution >= 0.6 is 0 Å². The Morgan fingerprint density at radius 3 is 2.24 bits per heavy atom. The summed E-state index contributed by atoms with van der Waals surface area (Å²) in [6, 6.07) is 21.2. The standard InChI is InChI=1S/C23H21N3O3/c1-16(27)18-9-5-10-19(15-18)25-23(29)21-12-6-11-20(26-21)22(28)24-14-13-17-7-3-2-4-8-17/h2-12,15H,13-14H2,1H3,(H,24,28)(H,25,29). The van der Waals surface area contributed by atoms with Crippen LogP contribution in [0.1, 0.15) is 43.8 Å². The normalized spacial score (nSPS) is 10.2. The fourth-order valence-electron chi connectivity index (χ4n) is 2.75. The van der Waals surface area contributed by atoms with Crippen LogP contribution in [0.4, 0.5) is 5.69 Å². The van der Waals surface area contributed by atoms with Crippen molar-refractivity contribution in [3.05, 3.63) is 95.3 Å². The van der Waals surface area contributed by atoms with Crippen molar-refractivity contribution in [2.45, 2.75) is 13.3 Å². The van der Waals surface area contributed by atoms with Gasteiger partial charge in [0, 0.05) is 17.8 Å². The Labute approximate surface area is 169 Å². The molecular weight excluding hydrogens is 366 g/mol. The van der Waals surface area contributed by atoms with Gasteiger partial charge in [0.05, 0.1) is 0 Å². The lowest BCUT2D eigenvalue weighted by Gasteiger charge is -2.08. The maximum Gasteiger partial charge on any atom is 0.274 e. The van der Waals surface area contributed by atoms with Crippen LogP contribution in [0, 0.1) is 0 Å². The van der Waals surface area contributed by atoms with Gasteiger partial charge in [0.25, 0.3) is 11.8 Å². The molecule has 0 aliphatic carbocycles. The van der Waals surface area contributed by atoms with E-state index in [0.717, 1.165) is 5.56 Å². The van der Waals surface area contributed by atoms with Gasteiger partial charge in [0.2, 0.25) is 0 Å². The lowest BCUT2D eigenvalue weighted by atomic mass is 10.1. The van der Waals surface area contributed by atoms with Crippen molar-refractivity contribution in [1.82, 2.24) is 10.3 Å². The molecule has 0 aliphatic heterocycles. The fourth-order valence-corrected chi connectivity index (χ4v) is 2.75. The first-order valence-electron chi connectivity index (χ1n) is 9.24. The number of Topliss-reactive ketones (excluding diaryl/α,β-unsaturated/α-hetero) is 1. The maximum absolute atomic E-state index is 12.5. The summed E-state index contributed by atoms with van der Waals surface area (Å²) in [5, 5.41) is 5.51. The van der Waals surface area contributed by atoms with Crippen LogP contribution in [-0.4, -0.2) is 29.1 Å². The fraction of sp³-hybridized carbons (Fsp3) is 0.130. The first kappa shape index (κ1) is 19.9. The van der Waals surface area contributed by atoms with Gasteiger partial charge in [-0.3, -0.25) is 14.4 Å². The molecular formula is C23H21N3O3. The average molecular weight is 387 g/mol. The molecule has 0 radical (unpaired) electrons. The summed E-state index contributed by atoms with van der Waals surface area (Å²) in [7, 11) is 0. The SMILES string of the molecule is CC(=O)c1cccc(NC(=O)c2cccc(C(=O)NCCc3ccccc3)n2)c1. The molecule has 0 saturated carbocycles. The van der Waals surface area contributed by atoms with Crippen LogP contribution in [0.3, 0.4) is 0 Å². The Hall–Kier alpha value is -3.80. The molecule has 3 rings (SSSR count). The molecule has 1 aromatic heterocycles. The number of rotatable bonds is 7. The zero-order valence-electron chi connectivity index (χ0n) is 16.0. The molecule has 2 N–H and O–H groups in total. The van der Waals surface area contributed by atoms with Gasteiger partial charge in [-0.15, -0.1) is 0 Å². The number of benzene rings is 2. The van der Waals surface area contributed by atoms with Crippen LogP contribution in [0.2, 0.25) is 0 Å². The van der Waals surface area contributed by atoms with E-state index in [2.05, 4.69) is 15.6 Å². The van der Waals surface area contributed by atoms with Crippen molar-refractivity contribution < 1.29 is 14.4 Å². The van der Waals surface area contributed by atoms with Gasteiger partial charge in [-0.2, -0.15) is 0 Å². The number of anilines is 1. The third-order valence-electron chi connectivity index (χ3n) is 4.28. The average Bonchev–Trinajstić information content (AvgIpc) is 2.74. The molecule has 0 atom stereocenters. The summed E-state index contributed by atoms with van der Waals surface area (Å²) in [4.78, 5) is 40.5. The minimum absolute atomic E-state index is 0.0894. The van der Waals surface area contributed by atoms with E-state index in [1.54, 1.807) is 36.4 Å².